The van der Waals surface area contributed by atoms with Gasteiger partial charge in [-0.2, -0.15) is 5.10 Å². The van der Waals surface area contributed by atoms with Crippen molar-refractivity contribution in [2.75, 3.05) is 11.9 Å². The first-order valence-corrected chi connectivity index (χ1v) is 6.51. The van der Waals surface area contributed by atoms with Crippen LogP contribution in [0.1, 0.15) is 39.8 Å². The van der Waals surface area contributed by atoms with Crippen LogP contribution < -0.4 is 5.32 Å². The first-order valence-electron chi connectivity index (χ1n) is 6.51. The molecule has 2 heterocycles. The Bertz CT molecular complexity index is 623. The lowest BCUT2D eigenvalue weighted by atomic mass is 9.92. The van der Waals surface area contributed by atoms with Gasteiger partial charge in [-0.05, 0) is 13.0 Å². The first-order chi connectivity index (χ1) is 9.02. The number of fused-ring (bicyclic) bond motifs is 1. The van der Waals surface area contributed by atoms with Crippen molar-refractivity contribution >= 4 is 11.3 Å². The molecule has 0 aliphatic rings. The van der Waals surface area contributed by atoms with Gasteiger partial charge < -0.3 is 5.32 Å². The molecule has 4 nitrogen and oxygen atoms in total. The molecule has 0 saturated heterocycles. The standard InChI is InChI=1S/C15H20N4/c1-5-6-7-8-16-14-12-11-13(15(2,3)4)18-19(12)10-9-17-14/h9-11H,7-8H2,1-4H3,(H,16,17). The zero-order valence-corrected chi connectivity index (χ0v) is 12.0. The van der Waals surface area contributed by atoms with Crippen LogP contribution in [0.25, 0.3) is 5.52 Å². The van der Waals surface area contributed by atoms with Crippen LogP contribution >= 0.6 is 0 Å². The van der Waals surface area contributed by atoms with Gasteiger partial charge in [0.25, 0.3) is 0 Å². The fourth-order valence-corrected chi connectivity index (χ4v) is 1.79. The molecule has 0 aromatic carbocycles. The second-order valence-corrected chi connectivity index (χ2v) is 5.49. The summed E-state index contributed by atoms with van der Waals surface area (Å²) in [4.78, 5) is 4.38. The van der Waals surface area contributed by atoms with E-state index in [-0.39, 0.29) is 5.41 Å². The number of nitrogens with one attached hydrogen (secondary N) is 1. The van der Waals surface area contributed by atoms with Gasteiger partial charge in [0.1, 0.15) is 5.52 Å². The van der Waals surface area contributed by atoms with Crippen molar-refractivity contribution in [3.63, 3.8) is 0 Å². The predicted molar refractivity (Wildman–Crippen MR) is 78.2 cm³/mol. The molecule has 0 atom stereocenters. The minimum atomic E-state index is 0.0387. The average molecular weight is 256 g/mol. The number of nitrogens with zero attached hydrogens (tertiary/aromatic N) is 3. The van der Waals surface area contributed by atoms with Crippen molar-refractivity contribution in [3.8, 4) is 11.8 Å². The smallest absolute Gasteiger partial charge is 0.152 e. The Kier molecular flexibility index (Phi) is 3.75. The summed E-state index contributed by atoms with van der Waals surface area (Å²) in [5.74, 6) is 6.78. The minimum Gasteiger partial charge on any atom is -0.367 e. The summed E-state index contributed by atoms with van der Waals surface area (Å²) in [5, 5.41) is 7.91. The highest BCUT2D eigenvalue weighted by Crippen LogP contribution is 2.24. The van der Waals surface area contributed by atoms with E-state index in [1.165, 1.54) is 0 Å². The fourth-order valence-electron chi connectivity index (χ4n) is 1.79. The Hall–Kier alpha value is -2.02. The quantitative estimate of drug-likeness (QED) is 0.678. The van der Waals surface area contributed by atoms with Crippen LogP contribution in [0, 0.1) is 11.8 Å². The van der Waals surface area contributed by atoms with E-state index in [9.17, 15) is 0 Å². The maximum Gasteiger partial charge on any atom is 0.152 e. The highest BCUT2D eigenvalue weighted by atomic mass is 15.2. The van der Waals surface area contributed by atoms with Crippen molar-refractivity contribution in [1.29, 1.82) is 0 Å². The largest absolute Gasteiger partial charge is 0.367 e. The van der Waals surface area contributed by atoms with Crippen molar-refractivity contribution in [2.24, 2.45) is 0 Å². The number of aromatic nitrogens is 3. The number of rotatable bonds is 3. The average Bonchev–Trinajstić information content (AvgIpc) is 2.79. The number of hydrogen-bond donors (Lipinski definition) is 1. The van der Waals surface area contributed by atoms with Crippen LogP contribution in [0.5, 0.6) is 0 Å². The molecule has 0 aliphatic carbocycles. The third kappa shape index (κ3) is 3.05. The molecule has 0 unspecified atom stereocenters. The van der Waals surface area contributed by atoms with Gasteiger partial charge in [-0.15, -0.1) is 11.8 Å². The van der Waals surface area contributed by atoms with Crippen molar-refractivity contribution in [3.05, 3.63) is 24.2 Å². The van der Waals surface area contributed by atoms with Gasteiger partial charge in [0.05, 0.1) is 5.69 Å². The fraction of sp³-hybridized carbons (Fsp3) is 0.467. The van der Waals surface area contributed by atoms with Gasteiger partial charge >= 0.3 is 0 Å². The van der Waals surface area contributed by atoms with Gasteiger partial charge in [0, 0.05) is 30.8 Å². The molecule has 4 heteroatoms. The molecule has 2 rings (SSSR count). The molecule has 0 spiro atoms. The maximum atomic E-state index is 4.60. The molecule has 19 heavy (non-hydrogen) atoms. The maximum absolute atomic E-state index is 4.60. The van der Waals surface area contributed by atoms with E-state index in [1.807, 2.05) is 17.6 Å². The number of anilines is 1. The molecule has 0 saturated carbocycles. The monoisotopic (exact) mass is 256 g/mol. The Balaban J connectivity index is 2.28. The van der Waals surface area contributed by atoms with Crippen LogP contribution in [0.4, 0.5) is 5.82 Å². The lowest BCUT2D eigenvalue weighted by Gasteiger charge is -2.13. The Labute approximate surface area is 114 Å². The van der Waals surface area contributed by atoms with Gasteiger partial charge in [-0.3, -0.25) is 0 Å². The summed E-state index contributed by atoms with van der Waals surface area (Å²) >= 11 is 0. The zero-order chi connectivity index (χ0) is 13.9. The lowest BCUT2D eigenvalue weighted by Crippen LogP contribution is -2.11. The molecule has 0 amide bonds. The highest BCUT2D eigenvalue weighted by molar-refractivity contribution is 5.68. The van der Waals surface area contributed by atoms with E-state index in [1.54, 1.807) is 6.20 Å². The molecular weight excluding hydrogens is 236 g/mol. The van der Waals surface area contributed by atoms with Gasteiger partial charge in [0.2, 0.25) is 0 Å². The van der Waals surface area contributed by atoms with Crippen LogP contribution in [0.2, 0.25) is 0 Å². The van der Waals surface area contributed by atoms with E-state index >= 15 is 0 Å². The molecule has 0 aliphatic heterocycles. The minimum absolute atomic E-state index is 0.0387. The third-order valence-electron chi connectivity index (χ3n) is 2.88. The van der Waals surface area contributed by atoms with E-state index < -0.39 is 0 Å². The second-order valence-electron chi connectivity index (χ2n) is 5.49. The van der Waals surface area contributed by atoms with E-state index in [0.29, 0.717) is 0 Å². The van der Waals surface area contributed by atoms with Crippen molar-refractivity contribution in [1.82, 2.24) is 14.6 Å². The summed E-state index contributed by atoms with van der Waals surface area (Å²) in [6.45, 7) is 9.12. The Morgan fingerprint density at radius 3 is 2.84 bits per heavy atom. The van der Waals surface area contributed by atoms with E-state index in [0.717, 1.165) is 30.0 Å². The molecule has 0 fully saturated rings. The van der Waals surface area contributed by atoms with Crippen LogP contribution in [-0.2, 0) is 5.41 Å². The molecule has 2 aromatic heterocycles. The van der Waals surface area contributed by atoms with Crippen LogP contribution in [0.3, 0.4) is 0 Å². The first kappa shape index (κ1) is 13.4. The van der Waals surface area contributed by atoms with Gasteiger partial charge in [-0.25, -0.2) is 9.50 Å². The van der Waals surface area contributed by atoms with Crippen LogP contribution in [0.15, 0.2) is 18.5 Å². The molecule has 0 bridgehead atoms. The topological polar surface area (TPSA) is 42.2 Å². The van der Waals surface area contributed by atoms with E-state index in [4.69, 9.17) is 0 Å². The Morgan fingerprint density at radius 1 is 1.37 bits per heavy atom. The Morgan fingerprint density at radius 2 is 2.16 bits per heavy atom. The molecule has 1 N–H and O–H groups in total. The predicted octanol–water partition coefficient (Wildman–Crippen LogP) is 2.85. The zero-order valence-electron chi connectivity index (χ0n) is 12.0. The summed E-state index contributed by atoms with van der Waals surface area (Å²) < 4.78 is 1.88. The normalized spacial score (nSPS) is 11.2. The second kappa shape index (κ2) is 5.31. The lowest BCUT2D eigenvalue weighted by molar-refractivity contribution is 0.562. The molecule has 2 aromatic rings. The van der Waals surface area contributed by atoms with Gasteiger partial charge in [-0.1, -0.05) is 20.8 Å². The molecular formula is C15H20N4. The third-order valence-corrected chi connectivity index (χ3v) is 2.88. The molecule has 0 radical (unpaired) electrons. The van der Waals surface area contributed by atoms with E-state index in [2.05, 4.69) is 54.1 Å². The van der Waals surface area contributed by atoms with Crippen molar-refractivity contribution in [2.45, 2.75) is 39.5 Å². The summed E-state index contributed by atoms with van der Waals surface area (Å²) in [6, 6.07) is 2.10. The van der Waals surface area contributed by atoms with Gasteiger partial charge in [0.15, 0.2) is 5.82 Å². The SMILES string of the molecule is CC#CCCNc1nccn2nc(C(C)(C)C)cc12. The summed E-state index contributed by atoms with van der Waals surface area (Å²) in [7, 11) is 0. The number of hydrogen-bond acceptors (Lipinski definition) is 3. The van der Waals surface area contributed by atoms with Crippen molar-refractivity contribution < 1.29 is 0 Å². The van der Waals surface area contributed by atoms with Crippen LogP contribution in [-0.4, -0.2) is 21.1 Å². The molecule has 100 valence electrons. The summed E-state index contributed by atoms with van der Waals surface area (Å²) in [5.41, 5.74) is 2.12. The summed E-state index contributed by atoms with van der Waals surface area (Å²) in [6.07, 6.45) is 4.46. The highest BCUT2D eigenvalue weighted by Gasteiger charge is 2.18.